The summed E-state index contributed by atoms with van der Waals surface area (Å²) in [6, 6.07) is 13.2. The van der Waals surface area contributed by atoms with Gasteiger partial charge in [-0.2, -0.15) is 0 Å². The summed E-state index contributed by atoms with van der Waals surface area (Å²) in [6.07, 6.45) is 7.05. The Morgan fingerprint density at radius 3 is 2.46 bits per heavy atom. The molecule has 0 saturated heterocycles. The summed E-state index contributed by atoms with van der Waals surface area (Å²) in [6.45, 7) is 3.83. The average molecular weight is 540 g/mol. The van der Waals surface area contributed by atoms with Gasteiger partial charge in [-0.25, -0.2) is 0 Å². The number of hydrogen-bond donors (Lipinski definition) is 7. The molecule has 10 heteroatoms. The first-order valence-electron chi connectivity index (χ1n) is 13.5. The molecule has 1 amide bonds. The molecule has 2 aromatic rings. The van der Waals surface area contributed by atoms with Gasteiger partial charge < -0.3 is 43.0 Å². The first kappa shape index (κ1) is 31.6. The van der Waals surface area contributed by atoms with Crippen molar-refractivity contribution in [3.8, 4) is 11.5 Å². The van der Waals surface area contributed by atoms with E-state index in [1.54, 1.807) is 18.2 Å². The number of benzene rings is 2. The zero-order valence-corrected chi connectivity index (χ0v) is 23.2. The zero-order valence-electron chi connectivity index (χ0n) is 23.2. The number of carbonyl (C=O) groups excluding carboxylic acids is 1. The van der Waals surface area contributed by atoms with E-state index in [0.29, 0.717) is 13.1 Å². The molecule has 10 N–H and O–H groups in total. The third-order valence-corrected chi connectivity index (χ3v) is 6.27. The SMILES string of the molecule is CN.CNCCCCNCC1c2cc(/C=C/C(=O)NCCCCN=C(N)N)ccc2OC1c1ccc(O)cc1. The van der Waals surface area contributed by atoms with E-state index in [1.165, 1.54) is 7.05 Å². The maximum atomic E-state index is 12.2. The van der Waals surface area contributed by atoms with Crippen molar-refractivity contribution >= 4 is 17.9 Å². The molecule has 0 spiro atoms. The van der Waals surface area contributed by atoms with Crippen LogP contribution in [0.1, 0.15) is 54.4 Å². The Morgan fingerprint density at radius 2 is 1.74 bits per heavy atom. The van der Waals surface area contributed by atoms with Gasteiger partial charge >= 0.3 is 0 Å². The summed E-state index contributed by atoms with van der Waals surface area (Å²) in [5.41, 5.74) is 18.2. The number of amides is 1. The van der Waals surface area contributed by atoms with Crippen LogP contribution in [0.15, 0.2) is 53.5 Å². The minimum absolute atomic E-state index is 0.0867. The zero-order chi connectivity index (χ0) is 28.5. The monoisotopic (exact) mass is 539 g/mol. The van der Waals surface area contributed by atoms with Crippen molar-refractivity contribution < 1.29 is 14.6 Å². The molecule has 1 heterocycles. The number of guanidine groups is 1. The van der Waals surface area contributed by atoms with Gasteiger partial charge in [0.2, 0.25) is 5.91 Å². The van der Waals surface area contributed by atoms with Gasteiger partial charge in [0, 0.05) is 37.2 Å². The highest BCUT2D eigenvalue weighted by molar-refractivity contribution is 5.91. The number of nitrogens with one attached hydrogen (secondary N) is 3. The second-order valence-corrected chi connectivity index (χ2v) is 9.19. The number of phenols is 1. The van der Waals surface area contributed by atoms with E-state index < -0.39 is 0 Å². The van der Waals surface area contributed by atoms with Gasteiger partial charge in [0.15, 0.2) is 5.96 Å². The number of phenolic OH excluding ortho intramolecular Hbond substituents is 1. The molecule has 1 aliphatic heterocycles. The fourth-order valence-corrected chi connectivity index (χ4v) is 4.33. The first-order chi connectivity index (χ1) is 19.0. The van der Waals surface area contributed by atoms with Crippen molar-refractivity contribution in [2.24, 2.45) is 22.2 Å². The fraction of sp³-hybridized carbons (Fsp3) is 0.448. The standard InChI is InChI=1S/C28H40N6O3.CH5N/c1-31-14-2-3-15-32-19-24-23-18-20(7-13-26(36)33-16-4-5-17-34-28(29)30)6-12-25(23)37-27(24)21-8-10-22(35)11-9-21;1-2/h6-13,18,24,27,31-32,35H,2-5,14-17,19H2,1H3,(H,33,36)(H4,29,30,34);2H2,1H3/b13-7+;. The number of hydrogen-bond acceptors (Lipinski definition) is 7. The van der Waals surface area contributed by atoms with Crippen molar-refractivity contribution in [3.63, 3.8) is 0 Å². The highest BCUT2D eigenvalue weighted by atomic mass is 16.5. The molecular weight excluding hydrogens is 494 g/mol. The lowest BCUT2D eigenvalue weighted by Crippen LogP contribution is -2.26. The molecule has 0 saturated carbocycles. The summed E-state index contributed by atoms with van der Waals surface area (Å²) in [7, 11) is 3.47. The Balaban J connectivity index is 0.00000260. The van der Waals surface area contributed by atoms with Gasteiger partial charge in [-0.3, -0.25) is 9.79 Å². The molecule has 1 aliphatic rings. The second-order valence-electron chi connectivity index (χ2n) is 9.19. The Bertz CT molecular complexity index is 1050. The van der Waals surface area contributed by atoms with Crippen LogP contribution in [0.3, 0.4) is 0 Å². The van der Waals surface area contributed by atoms with Crippen LogP contribution >= 0.6 is 0 Å². The minimum atomic E-state index is -0.151. The third kappa shape index (κ3) is 11.0. The number of rotatable bonds is 15. The Morgan fingerprint density at radius 1 is 1.03 bits per heavy atom. The number of carbonyl (C=O) groups is 1. The second kappa shape index (κ2) is 17.8. The predicted octanol–water partition coefficient (Wildman–Crippen LogP) is 1.96. The number of ether oxygens (including phenoxy) is 1. The molecule has 2 aromatic carbocycles. The topological polar surface area (TPSA) is 173 Å². The van der Waals surface area contributed by atoms with Crippen LogP contribution in [0.4, 0.5) is 0 Å². The maximum Gasteiger partial charge on any atom is 0.243 e. The van der Waals surface area contributed by atoms with Crippen molar-refractivity contribution in [1.82, 2.24) is 16.0 Å². The number of aromatic hydroxyl groups is 1. The maximum absolute atomic E-state index is 12.2. The molecule has 3 rings (SSSR count). The van der Waals surface area contributed by atoms with Crippen LogP contribution in [-0.4, -0.2) is 63.8 Å². The van der Waals surface area contributed by atoms with Crippen LogP contribution in [0.25, 0.3) is 6.08 Å². The molecule has 0 aromatic heterocycles. The average Bonchev–Trinajstić information content (AvgIpc) is 3.30. The van der Waals surface area contributed by atoms with Gasteiger partial charge in [-0.05, 0) is 94.3 Å². The van der Waals surface area contributed by atoms with Crippen molar-refractivity contribution in [1.29, 1.82) is 0 Å². The molecule has 0 aliphatic carbocycles. The van der Waals surface area contributed by atoms with E-state index in [-0.39, 0.29) is 29.6 Å². The Labute approximate surface area is 232 Å². The van der Waals surface area contributed by atoms with E-state index >= 15 is 0 Å². The van der Waals surface area contributed by atoms with E-state index in [2.05, 4.69) is 32.7 Å². The van der Waals surface area contributed by atoms with Gasteiger partial charge in [-0.15, -0.1) is 0 Å². The lowest BCUT2D eigenvalue weighted by molar-refractivity contribution is -0.116. The summed E-state index contributed by atoms with van der Waals surface area (Å²) < 4.78 is 6.36. The van der Waals surface area contributed by atoms with Gasteiger partial charge in [0.25, 0.3) is 0 Å². The van der Waals surface area contributed by atoms with Crippen LogP contribution < -0.4 is 37.9 Å². The van der Waals surface area contributed by atoms with Gasteiger partial charge in [0.1, 0.15) is 17.6 Å². The lowest BCUT2D eigenvalue weighted by atomic mass is 9.90. The summed E-state index contributed by atoms with van der Waals surface area (Å²) in [5, 5.41) is 19.4. The van der Waals surface area contributed by atoms with E-state index in [9.17, 15) is 9.90 Å². The van der Waals surface area contributed by atoms with E-state index in [1.807, 2.05) is 37.4 Å². The highest BCUT2D eigenvalue weighted by Crippen LogP contribution is 2.46. The molecule has 0 bridgehead atoms. The first-order valence-corrected chi connectivity index (χ1v) is 13.5. The molecule has 0 radical (unpaired) electrons. The normalized spacial score (nSPS) is 15.7. The molecule has 39 heavy (non-hydrogen) atoms. The Hall–Kier alpha value is -3.60. The highest BCUT2D eigenvalue weighted by Gasteiger charge is 2.35. The fourth-order valence-electron chi connectivity index (χ4n) is 4.33. The third-order valence-electron chi connectivity index (χ3n) is 6.27. The van der Waals surface area contributed by atoms with Crippen molar-refractivity contribution in [2.75, 3.05) is 46.8 Å². The number of fused-ring (bicyclic) bond motifs is 1. The molecule has 0 fully saturated rings. The molecule has 10 nitrogen and oxygen atoms in total. The molecule has 2 atom stereocenters. The number of unbranched alkanes of at least 4 members (excludes halogenated alkanes) is 2. The molecule has 2 unspecified atom stereocenters. The predicted molar refractivity (Wildman–Crippen MR) is 159 cm³/mol. The Kier molecular flexibility index (Phi) is 14.5. The quantitative estimate of drug-likeness (QED) is 0.0778. The van der Waals surface area contributed by atoms with Gasteiger partial charge in [-0.1, -0.05) is 18.2 Å². The van der Waals surface area contributed by atoms with E-state index in [4.69, 9.17) is 16.2 Å². The van der Waals surface area contributed by atoms with E-state index in [0.717, 1.165) is 67.8 Å². The van der Waals surface area contributed by atoms with Crippen LogP contribution in [0.5, 0.6) is 11.5 Å². The van der Waals surface area contributed by atoms with Gasteiger partial charge in [0.05, 0.1) is 0 Å². The van der Waals surface area contributed by atoms with Crippen LogP contribution in [0, 0.1) is 0 Å². The summed E-state index contributed by atoms with van der Waals surface area (Å²) >= 11 is 0. The largest absolute Gasteiger partial charge is 0.508 e. The van der Waals surface area contributed by atoms with Crippen molar-refractivity contribution in [3.05, 3.63) is 65.2 Å². The molecular formula is C29H45N7O3. The molecule has 214 valence electrons. The van der Waals surface area contributed by atoms with Crippen LogP contribution in [-0.2, 0) is 4.79 Å². The van der Waals surface area contributed by atoms with Crippen LogP contribution in [0.2, 0.25) is 0 Å². The number of nitrogens with two attached hydrogens (primary N) is 3. The van der Waals surface area contributed by atoms with Crippen molar-refractivity contribution in [2.45, 2.75) is 37.7 Å². The number of aliphatic imine (C=N–C) groups is 1. The minimum Gasteiger partial charge on any atom is -0.508 e. The summed E-state index contributed by atoms with van der Waals surface area (Å²) in [5.74, 6) is 1.14. The lowest BCUT2D eigenvalue weighted by Gasteiger charge is -2.20. The summed E-state index contributed by atoms with van der Waals surface area (Å²) in [4.78, 5) is 16.2. The smallest absolute Gasteiger partial charge is 0.243 e. The number of nitrogens with zero attached hydrogens (tertiary/aromatic N) is 1.